The van der Waals surface area contributed by atoms with Crippen LogP contribution in [0.1, 0.15) is 24.8 Å². The molecule has 0 saturated heterocycles. The minimum absolute atomic E-state index is 0.000932. The minimum Gasteiger partial charge on any atom is -0.494 e. The van der Waals surface area contributed by atoms with Crippen molar-refractivity contribution >= 4 is 11.9 Å². The molecule has 1 atom stereocenters. The van der Waals surface area contributed by atoms with Crippen molar-refractivity contribution in [3.05, 3.63) is 29.8 Å². The Morgan fingerprint density at radius 1 is 1.29 bits per heavy atom. The van der Waals surface area contributed by atoms with E-state index in [1.807, 2.05) is 31.2 Å². The molecule has 0 radical (unpaired) electrons. The first-order chi connectivity index (χ1) is 9.99. The van der Waals surface area contributed by atoms with Gasteiger partial charge in [0.15, 0.2) is 6.10 Å². The van der Waals surface area contributed by atoms with Crippen molar-refractivity contribution in [1.82, 2.24) is 5.32 Å². The molecule has 0 aliphatic heterocycles. The molecule has 0 unspecified atom stereocenters. The third kappa shape index (κ3) is 7.31. The molecule has 1 aromatic rings. The zero-order chi connectivity index (χ0) is 15.7. The largest absolute Gasteiger partial charge is 0.494 e. The Morgan fingerprint density at radius 3 is 2.57 bits per heavy atom. The molecule has 6 nitrogen and oxygen atoms in total. The Labute approximate surface area is 123 Å². The first-order valence-electron chi connectivity index (χ1n) is 6.86. The Bertz CT molecular complexity index is 458. The molecule has 0 fully saturated rings. The third-order valence-electron chi connectivity index (χ3n) is 2.86. The second kappa shape index (κ2) is 8.97. The molecule has 0 bridgehead atoms. The van der Waals surface area contributed by atoms with Gasteiger partial charge in [0.25, 0.3) is 0 Å². The fourth-order valence-electron chi connectivity index (χ4n) is 1.62. The van der Waals surface area contributed by atoms with Gasteiger partial charge in [0.2, 0.25) is 5.91 Å². The monoisotopic (exact) mass is 295 g/mol. The van der Waals surface area contributed by atoms with Crippen LogP contribution in [0.2, 0.25) is 0 Å². The van der Waals surface area contributed by atoms with E-state index in [9.17, 15) is 9.59 Å². The highest BCUT2D eigenvalue weighted by atomic mass is 16.5. The van der Waals surface area contributed by atoms with Crippen LogP contribution in [0.5, 0.6) is 5.75 Å². The summed E-state index contributed by atoms with van der Waals surface area (Å²) in [5, 5.41) is 20.1. The van der Waals surface area contributed by atoms with Crippen molar-refractivity contribution in [2.75, 3.05) is 13.2 Å². The van der Waals surface area contributed by atoms with Gasteiger partial charge in [0.05, 0.1) is 6.61 Å². The molecule has 1 aromatic carbocycles. The molecule has 0 aromatic heterocycles. The summed E-state index contributed by atoms with van der Waals surface area (Å²) in [6, 6.07) is 7.66. The van der Waals surface area contributed by atoms with Crippen LogP contribution in [0.3, 0.4) is 0 Å². The fourth-order valence-corrected chi connectivity index (χ4v) is 1.62. The van der Waals surface area contributed by atoms with E-state index < -0.39 is 12.1 Å². The average Bonchev–Trinajstić information content (AvgIpc) is 2.45. The quantitative estimate of drug-likeness (QED) is 0.593. The third-order valence-corrected chi connectivity index (χ3v) is 2.86. The van der Waals surface area contributed by atoms with E-state index in [-0.39, 0.29) is 18.9 Å². The fraction of sp³-hybridized carbons (Fsp3) is 0.467. The topological polar surface area (TPSA) is 95.9 Å². The van der Waals surface area contributed by atoms with E-state index in [2.05, 4.69) is 5.32 Å². The number of ether oxygens (including phenoxy) is 1. The van der Waals surface area contributed by atoms with Crippen molar-refractivity contribution in [3.63, 3.8) is 0 Å². The predicted octanol–water partition coefficient (Wildman–Crippen LogP) is 1.11. The van der Waals surface area contributed by atoms with E-state index in [1.54, 1.807) is 0 Å². The number of carboxylic acid groups (broad SMARTS) is 1. The number of benzene rings is 1. The van der Waals surface area contributed by atoms with Gasteiger partial charge >= 0.3 is 5.97 Å². The van der Waals surface area contributed by atoms with Crippen molar-refractivity contribution in [1.29, 1.82) is 0 Å². The lowest BCUT2D eigenvalue weighted by Gasteiger charge is -2.08. The number of amides is 1. The van der Waals surface area contributed by atoms with Gasteiger partial charge in [-0.25, -0.2) is 4.79 Å². The molecule has 0 spiro atoms. The lowest BCUT2D eigenvalue weighted by molar-refractivity contribution is -0.147. The normalized spacial score (nSPS) is 11.7. The number of hydrogen-bond acceptors (Lipinski definition) is 4. The van der Waals surface area contributed by atoms with Crippen LogP contribution in [0.4, 0.5) is 0 Å². The van der Waals surface area contributed by atoms with Crippen LogP contribution in [0.15, 0.2) is 24.3 Å². The van der Waals surface area contributed by atoms with Gasteiger partial charge in [-0.2, -0.15) is 0 Å². The van der Waals surface area contributed by atoms with Crippen LogP contribution < -0.4 is 10.1 Å². The number of aliphatic hydroxyl groups is 1. The van der Waals surface area contributed by atoms with Crippen LogP contribution in [0.25, 0.3) is 0 Å². The summed E-state index contributed by atoms with van der Waals surface area (Å²) < 4.78 is 5.49. The average molecular weight is 295 g/mol. The summed E-state index contributed by atoms with van der Waals surface area (Å²) in [6.07, 6.45) is -0.563. The Morgan fingerprint density at radius 2 is 1.95 bits per heavy atom. The van der Waals surface area contributed by atoms with Gasteiger partial charge in [-0.3, -0.25) is 4.79 Å². The second-order valence-electron chi connectivity index (χ2n) is 4.76. The summed E-state index contributed by atoms with van der Waals surface area (Å²) in [7, 11) is 0. The molecule has 21 heavy (non-hydrogen) atoms. The molecular formula is C15H21NO5. The molecule has 1 amide bonds. The molecule has 1 rings (SSSR count). The summed E-state index contributed by atoms with van der Waals surface area (Å²) >= 11 is 0. The predicted molar refractivity (Wildman–Crippen MR) is 77.2 cm³/mol. The molecule has 3 N–H and O–H groups in total. The minimum atomic E-state index is -1.44. The standard InChI is InChI=1S/C15H21NO5/c1-11-4-6-12(7-5-11)21-10-2-3-14(18)16-9-8-13(17)15(19)20/h4-7,13,17H,2-3,8-10H2,1H3,(H,16,18)(H,19,20)/t13-/m0/s1. The van der Waals surface area contributed by atoms with Crippen molar-refractivity contribution in [2.45, 2.75) is 32.3 Å². The van der Waals surface area contributed by atoms with Crippen molar-refractivity contribution in [3.8, 4) is 5.75 Å². The van der Waals surface area contributed by atoms with Gasteiger partial charge in [0, 0.05) is 19.4 Å². The van der Waals surface area contributed by atoms with E-state index in [1.165, 1.54) is 0 Å². The van der Waals surface area contributed by atoms with Crippen LogP contribution in [-0.2, 0) is 9.59 Å². The van der Waals surface area contributed by atoms with Crippen LogP contribution in [0, 0.1) is 6.92 Å². The second-order valence-corrected chi connectivity index (χ2v) is 4.76. The number of carbonyl (C=O) groups excluding carboxylic acids is 1. The number of aliphatic carboxylic acids is 1. The summed E-state index contributed by atoms with van der Waals surface area (Å²) in [4.78, 5) is 21.8. The van der Waals surface area contributed by atoms with E-state index in [0.717, 1.165) is 11.3 Å². The SMILES string of the molecule is Cc1ccc(OCCCC(=O)NCC[C@H](O)C(=O)O)cc1. The van der Waals surface area contributed by atoms with E-state index >= 15 is 0 Å². The first kappa shape index (κ1) is 17.0. The van der Waals surface area contributed by atoms with Gasteiger partial charge < -0.3 is 20.3 Å². The molecule has 0 aliphatic rings. The molecule has 116 valence electrons. The van der Waals surface area contributed by atoms with Crippen LogP contribution in [-0.4, -0.2) is 41.3 Å². The number of aliphatic hydroxyl groups excluding tert-OH is 1. The summed E-state index contributed by atoms with van der Waals surface area (Å²) in [5.74, 6) is -0.693. The van der Waals surface area contributed by atoms with Crippen molar-refractivity contribution < 1.29 is 24.5 Å². The lowest BCUT2D eigenvalue weighted by atomic mass is 10.2. The van der Waals surface area contributed by atoms with Gasteiger partial charge in [-0.15, -0.1) is 0 Å². The number of hydrogen-bond donors (Lipinski definition) is 3. The number of carbonyl (C=O) groups is 2. The van der Waals surface area contributed by atoms with E-state index in [0.29, 0.717) is 19.4 Å². The lowest BCUT2D eigenvalue weighted by Crippen LogP contribution is -2.30. The number of nitrogens with one attached hydrogen (secondary N) is 1. The summed E-state index contributed by atoms with van der Waals surface area (Å²) in [5.41, 5.74) is 1.16. The number of carboxylic acids is 1. The highest BCUT2D eigenvalue weighted by Crippen LogP contribution is 2.11. The zero-order valence-electron chi connectivity index (χ0n) is 12.0. The highest BCUT2D eigenvalue weighted by Gasteiger charge is 2.12. The molecule has 0 saturated carbocycles. The molecular weight excluding hydrogens is 274 g/mol. The Hall–Kier alpha value is -2.08. The number of rotatable bonds is 9. The zero-order valence-corrected chi connectivity index (χ0v) is 12.0. The van der Waals surface area contributed by atoms with Crippen LogP contribution >= 0.6 is 0 Å². The maximum atomic E-state index is 11.5. The number of aryl methyl sites for hydroxylation is 1. The van der Waals surface area contributed by atoms with Crippen molar-refractivity contribution in [2.24, 2.45) is 0 Å². The Balaban J connectivity index is 2.08. The van der Waals surface area contributed by atoms with Gasteiger partial charge in [-0.05, 0) is 25.5 Å². The smallest absolute Gasteiger partial charge is 0.332 e. The maximum Gasteiger partial charge on any atom is 0.332 e. The highest BCUT2D eigenvalue weighted by molar-refractivity contribution is 5.76. The molecule has 0 aliphatic carbocycles. The maximum absolute atomic E-state index is 11.5. The first-order valence-corrected chi connectivity index (χ1v) is 6.86. The van der Waals surface area contributed by atoms with Gasteiger partial charge in [-0.1, -0.05) is 17.7 Å². The van der Waals surface area contributed by atoms with Gasteiger partial charge in [0.1, 0.15) is 5.75 Å². The summed E-state index contributed by atoms with van der Waals surface area (Å²) in [6.45, 7) is 2.58. The Kier molecular flexibility index (Phi) is 7.25. The molecule has 0 heterocycles. The molecule has 6 heteroatoms. The van der Waals surface area contributed by atoms with E-state index in [4.69, 9.17) is 14.9 Å².